The molecule has 1 saturated carbocycles. The van der Waals surface area contributed by atoms with Crippen molar-refractivity contribution < 1.29 is 0 Å². The summed E-state index contributed by atoms with van der Waals surface area (Å²) < 4.78 is 0. The highest BCUT2D eigenvalue weighted by Gasteiger charge is 2.34. The third-order valence-corrected chi connectivity index (χ3v) is 5.84. The first-order chi connectivity index (χ1) is 9.03. The molecular formula is C16H28N2S. The second-order valence-electron chi connectivity index (χ2n) is 6.23. The lowest BCUT2D eigenvalue weighted by Crippen LogP contribution is -2.53. The Morgan fingerprint density at radius 2 is 1.95 bits per heavy atom. The molecule has 2 rings (SSSR count). The van der Waals surface area contributed by atoms with Crippen LogP contribution in [-0.2, 0) is 0 Å². The molecule has 0 spiro atoms. The van der Waals surface area contributed by atoms with Crippen LogP contribution < -0.4 is 5.32 Å². The van der Waals surface area contributed by atoms with E-state index in [4.69, 9.17) is 0 Å². The first-order valence-electron chi connectivity index (χ1n) is 7.51. The number of hydrogen-bond acceptors (Lipinski definition) is 3. The van der Waals surface area contributed by atoms with Crippen molar-refractivity contribution in [3.05, 3.63) is 21.9 Å². The van der Waals surface area contributed by atoms with Crippen molar-refractivity contribution in [2.45, 2.75) is 57.5 Å². The van der Waals surface area contributed by atoms with Crippen LogP contribution in [0.1, 0.15) is 54.8 Å². The van der Waals surface area contributed by atoms with Crippen LogP contribution in [0.15, 0.2) is 12.1 Å². The fraction of sp³-hybridized carbons (Fsp3) is 0.750. The molecular weight excluding hydrogens is 252 g/mol. The average Bonchev–Trinajstić information content (AvgIpc) is 2.83. The van der Waals surface area contributed by atoms with Gasteiger partial charge < -0.3 is 10.2 Å². The highest BCUT2D eigenvalue weighted by molar-refractivity contribution is 7.12. The highest BCUT2D eigenvalue weighted by atomic mass is 32.1. The summed E-state index contributed by atoms with van der Waals surface area (Å²) in [4.78, 5) is 5.32. The van der Waals surface area contributed by atoms with Crippen molar-refractivity contribution in [2.24, 2.45) is 0 Å². The number of thiophene rings is 1. The first kappa shape index (κ1) is 15.0. The van der Waals surface area contributed by atoms with Crippen LogP contribution in [0, 0.1) is 6.92 Å². The lowest BCUT2D eigenvalue weighted by atomic mass is 9.80. The molecule has 0 bridgehead atoms. The molecule has 1 N–H and O–H groups in total. The Morgan fingerprint density at radius 1 is 1.26 bits per heavy atom. The number of rotatable bonds is 5. The maximum Gasteiger partial charge on any atom is 0.0386 e. The molecule has 1 aromatic heterocycles. The predicted octanol–water partition coefficient (Wildman–Crippen LogP) is 3.97. The second-order valence-corrected chi connectivity index (χ2v) is 7.55. The zero-order valence-corrected chi connectivity index (χ0v) is 13.6. The van der Waals surface area contributed by atoms with Crippen molar-refractivity contribution in [2.75, 3.05) is 20.6 Å². The molecule has 0 radical (unpaired) electrons. The molecule has 2 nitrogen and oxygen atoms in total. The van der Waals surface area contributed by atoms with Gasteiger partial charge in [0.1, 0.15) is 0 Å². The van der Waals surface area contributed by atoms with E-state index < -0.39 is 0 Å². The van der Waals surface area contributed by atoms with Crippen LogP contribution in [0.2, 0.25) is 0 Å². The molecule has 0 saturated heterocycles. The van der Waals surface area contributed by atoms with Gasteiger partial charge in [0, 0.05) is 27.9 Å². The van der Waals surface area contributed by atoms with E-state index in [0.29, 0.717) is 11.6 Å². The maximum atomic E-state index is 3.77. The van der Waals surface area contributed by atoms with Crippen LogP contribution in [0.5, 0.6) is 0 Å². The van der Waals surface area contributed by atoms with Crippen molar-refractivity contribution in [3.63, 3.8) is 0 Å². The quantitative estimate of drug-likeness (QED) is 0.878. The maximum absolute atomic E-state index is 3.77. The van der Waals surface area contributed by atoms with Crippen LogP contribution in [-0.4, -0.2) is 31.1 Å². The van der Waals surface area contributed by atoms with Crippen LogP contribution in [0.4, 0.5) is 0 Å². The average molecular weight is 280 g/mol. The summed E-state index contributed by atoms with van der Waals surface area (Å²) in [6.45, 7) is 5.58. The molecule has 0 amide bonds. The van der Waals surface area contributed by atoms with Gasteiger partial charge in [-0.1, -0.05) is 19.3 Å². The molecule has 0 aliphatic heterocycles. The fourth-order valence-electron chi connectivity index (χ4n) is 3.12. The SMILES string of the molecule is Cc1ccc(C(C)NCC2(N(C)C)CCCCC2)s1. The van der Waals surface area contributed by atoms with Crippen molar-refractivity contribution in [3.8, 4) is 0 Å². The van der Waals surface area contributed by atoms with E-state index in [1.165, 1.54) is 41.9 Å². The van der Waals surface area contributed by atoms with Gasteiger partial charge in [-0.25, -0.2) is 0 Å². The van der Waals surface area contributed by atoms with Crippen LogP contribution in [0.3, 0.4) is 0 Å². The number of likely N-dealkylation sites (N-methyl/N-ethyl adjacent to an activating group) is 1. The summed E-state index contributed by atoms with van der Waals surface area (Å²) in [7, 11) is 4.49. The van der Waals surface area contributed by atoms with Crippen molar-refractivity contribution in [1.82, 2.24) is 10.2 Å². The standard InChI is InChI=1S/C16H28N2S/c1-13-8-9-15(19-13)14(2)17-12-16(18(3)4)10-6-5-7-11-16/h8-9,14,17H,5-7,10-12H2,1-4H3. The summed E-state index contributed by atoms with van der Waals surface area (Å²) in [5, 5.41) is 3.77. The molecule has 1 aliphatic carbocycles. The number of aryl methyl sites for hydroxylation is 1. The van der Waals surface area contributed by atoms with Gasteiger partial charge >= 0.3 is 0 Å². The Hall–Kier alpha value is -0.380. The Balaban J connectivity index is 1.95. The molecule has 1 aliphatic rings. The number of nitrogens with one attached hydrogen (secondary N) is 1. The van der Waals surface area contributed by atoms with Crippen LogP contribution in [0.25, 0.3) is 0 Å². The summed E-state index contributed by atoms with van der Waals surface area (Å²) in [5.74, 6) is 0. The predicted molar refractivity (Wildman–Crippen MR) is 85.0 cm³/mol. The highest BCUT2D eigenvalue weighted by Crippen LogP contribution is 2.32. The number of hydrogen-bond donors (Lipinski definition) is 1. The van der Waals surface area contributed by atoms with Gasteiger partial charge in [-0.15, -0.1) is 11.3 Å². The van der Waals surface area contributed by atoms with E-state index in [-0.39, 0.29) is 0 Å². The van der Waals surface area contributed by atoms with Gasteiger partial charge in [0.2, 0.25) is 0 Å². The Bertz CT molecular complexity index is 391. The van der Waals surface area contributed by atoms with E-state index >= 15 is 0 Å². The number of nitrogens with zero attached hydrogens (tertiary/aromatic N) is 1. The molecule has 3 heteroatoms. The smallest absolute Gasteiger partial charge is 0.0386 e. The Labute approximate surface area is 122 Å². The van der Waals surface area contributed by atoms with Gasteiger partial charge in [-0.2, -0.15) is 0 Å². The molecule has 1 atom stereocenters. The van der Waals surface area contributed by atoms with Gasteiger partial charge in [-0.05, 0) is 52.9 Å². The molecule has 0 aromatic carbocycles. The summed E-state index contributed by atoms with van der Waals surface area (Å²) >= 11 is 1.91. The van der Waals surface area contributed by atoms with Crippen LogP contribution >= 0.6 is 11.3 Å². The van der Waals surface area contributed by atoms with E-state index in [1.807, 2.05) is 11.3 Å². The summed E-state index contributed by atoms with van der Waals surface area (Å²) in [5.41, 5.74) is 0.374. The van der Waals surface area contributed by atoms with Crippen molar-refractivity contribution in [1.29, 1.82) is 0 Å². The van der Waals surface area contributed by atoms with Gasteiger partial charge in [0.15, 0.2) is 0 Å². The zero-order valence-electron chi connectivity index (χ0n) is 12.8. The topological polar surface area (TPSA) is 15.3 Å². The molecule has 1 aromatic rings. The second kappa shape index (κ2) is 6.38. The fourth-order valence-corrected chi connectivity index (χ4v) is 4.03. The minimum atomic E-state index is 0.374. The molecule has 108 valence electrons. The molecule has 1 heterocycles. The molecule has 1 fully saturated rings. The third kappa shape index (κ3) is 3.59. The minimum absolute atomic E-state index is 0.374. The zero-order chi connectivity index (χ0) is 13.9. The van der Waals surface area contributed by atoms with Gasteiger partial charge in [0.25, 0.3) is 0 Å². The lowest BCUT2D eigenvalue weighted by Gasteiger charge is -2.43. The monoisotopic (exact) mass is 280 g/mol. The Morgan fingerprint density at radius 3 is 2.47 bits per heavy atom. The summed E-state index contributed by atoms with van der Waals surface area (Å²) in [6.07, 6.45) is 6.85. The minimum Gasteiger partial charge on any atom is -0.308 e. The third-order valence-electron chi connectivity index (χ3n) is 4.66. The lowest BCUT2D eigenvalue weighted by molar-refractivity contribution is 0.0960. The molecule has 1 unspecified atom stereocenters. The molecule has 19 heavy (non-hydrogen) atoms. The van der Waals surface area contributed by atoms with E-state index in [0.717, 1.165) is 6.54 Å². The first-order valence-corrected chi connectivity index (χ1v) is 8.32. The normalized spacial score (nSPS) is 20.7. The van der Waals surface area contributed by atoms with Gasteiger partial charge in [0.05, 0.1) is 0 Å². The van der Waals surface area contributed by atoms with E-state index in [2.05, 4.69) is 50.3 Å². The largest absolute Gasteiger partial charge is 0.308 e. The van der Waals surface area contributed by atoms with Crippen molar-refractivity contribution >= 4 is 11.3 Å². The van der Waals surface area contributed by atoms with E-state index in [1.54, 1.807) is 0 Å². The Kier molecular flexibility index (Phi) is 5.04. The van der Waals surface area contributed by atoms with Gasteiger partial charge in [-0.3, -0.25) is 0 Å². The van der Waals surface area contributed by atoms with E-state index in [9.17, 15) is 0 Å². The summed E-state index contributed by atoms with van der Waals surface area (Å²) in [6, 6.07) is 4.96.